The lowest BCUT2D eigenvalue weighted by molar-refractivity contribution is -0.139. The smallest absolute Gasteiger partial charge is 0.260 e. The van der Waals surface area contributed by atoms with Crippen molar-refractivity contribution in [1.82, 2.24) is 25.3 Å². The van der Waals surface area contributed by atoms with Crippen LogP contribution in [0.5, 0.6) is 23.0 Å². The van der Waals surface area contributed by atoms with Crippen LogP contribution in [-0.4, -0.2) is 225 Å². The standard InChI is InChI=1S/C75H100N8O19.CH4/c1-49(2)71(80-69(86)11-8-7-9-21-94-25-27-96-29-31-98-33-35-100-36-34-99-32-30-97-28-26-95-24-19-76-68(85)18-20-81-70(87)38-51(4)73(81)89)63(84)37-50(3)72(88)79-56-16-14-53(15-17-56)55-40-58-46-78-62-44-67(65(93-6)42-60(62)75(91)83(58)48-55)102-23-10-22-101-66-43-61-59(41-64(66)92-5)74(90)82-47-54(52-12-13-52)39-57(82)45-77-61;/h14-17,41-52,57-58,71H,7-13,18-40H2,1-6H3,(H,76,85)(H,79,88)(H,80,86);1H4/t50-,51?,57+,58+,71+;/m1./s1. The van der Waals surface area contributed by atoms with Gasteiger partial charge in [-0.15, -0.1) is 0 Å². The molecule has 3 N–H and O–H groups in total. The molecule has 0 aromatic heterocycles. The van der Waals surface area contributed by atoms with E-state index in [4.69, 9.17) is 62.1 Å². The van der Waals surface area contributed by atoms with Gasteiger partial charge in [-0.05, 0) is 84.9 Å². The van der Waals surface area contributed by atoms with Gasteiger partial charge in [0.05, 0.1) is 154 Å². The summed E-state index contributed by atoms with van der Waals surface area (Å²) in [5.41, 5.74) is 5.47. The van der Waals surface area contributed by atoms with Crippen LogP contribution in [0.15, 0.2) is 76.5 Å². The van der Waals surface area contributed by atoms with Crippen molar-refractivity contribution >= 4 is 82.2 Å². The Balaban J connectivity index is 0.0000134. The molecule has 2 fully saturated rings. The zero-order valence-corrected chi connectivity index (χ0v) is 59.7. The molecular weight excluding hydrogens is 1330 g/mol. The van der Waals surface area contributed by atoms with Gasteiger partial charge >= 0.3 is 0 Å². The highest BCUT2D eigenvalue weighted by Crippen LogP contribution is 2.45. The van der Waals surface area contributed by atoms with Crippen LogP contribution in [0.1, 0.15) is 138 Å². The van der Waals surface area contributed by atoms with Gasteiger partial charge < -0.3 is 77.9 Å². The fraction of sp³-hybridized carbons (Fsp3) is 0.579. The summed E-state index contributed by atoms with van der Waals surface area (Å²) >= 11 is 0. The zero-order valence-electron chi connectivity index (χ0n) is 59.7. The first-order chi connectivity index (χ1) is 49.5. The minimum absolute atomic E-state index is 0. The first-order valence-corrected chi connectivity index (χ1v) is 35.7. The number of unbranched alkanes of at least 4 members (excludes halogenated alkanes) is 2. The molecule has 27 heteroatoms. The maximum absolute atomic E-state index is 14.2. The van der Waals surface area contributed by atoms with Crippen LogP contribution >= 0.6 is 0 Å². The number of methoxy groups -OCH3 is 2. The number of carbonyl (C=O) groups is 8. The molecule has 6 aliphatic rings. The number of aliphatic imine (C=N–C) groups is 2. The van der Waals surface area contributed by atoms with Crippen molar-refractivity contribution in [2.24, 2.45) is 33.7 Å². The normalized spacial score (nSPS) is 17.9. The van der Waals surface area contributed by atoms with Crippen molar-refractivity contribution in [3.8, 4) is 23.0 Å². The Kier molecular flexibility index (Phi) is 32.1. The van der Waals surface area contributed by atoms with Crippen LogP contribution in [-0.2, 0) is 61.9 Å². The number of hydrogen-bond donors (Lipinski definition) is 3. The fourth-order valence-corrected chi connectivity index (χ4v) is 12.3. The van der Waals surface area contributed by atoms with Crippen molar-refractivity contribution in [2.75, 3.05) is 138 Å². The molecule has 5 heterocycles. The maximum atomic E-state index is 14.2. The second-order valence-electron chi connectivity index (χ2n) is 26.4. The Morgan fingerprint density at radius 2 is 1.10 bits per heavy atom. The predicted molar refractivity (Wildman–Crippen MR) is 386 cm³/mol. The van der Waals surface area contributed by atoms with Gasteiger partial charge in [-0.1, -0.05) is 53.7 Å². The van der Waals surface area contributed by atoms with E-state index in [2.05, 4.69) is 16.0 Å². The summed E-state index contributed by atoms with van der Waals surface area (Å²) < 4.78 is 62.5. The first-order valence-electron chi connectivity index (χ1n) is 35.7. The van der Waals surface area contributed by atoms with Crippen molar-refractivity contribution < 1.29 is 90.5 Å². The molecule has 103 heavy (non-hydrogen) atoms. The molecule has 5 atom stereocenters. The third-order valence-corrected chi connectivity index (χ3v) is 18.2. The SMILES string of the molecule is C.COc1cc2c(cc1OCCCOc1cc3c(cc1OC)C(=O)N1C=C(C4CC4)C[C@H]1C=N3)N=C[C@@H]1CC(c3ccc(NC(=O)[C@H](C)CC(=O)[C@@H](NC(=O)CCCCCOCCOCCOCCOCCOCCOCCOCCNC(=O)CCN4C(=O)CC(C)C4=O)C(C)C)cc3)=CN1C2=O. The summed E-state index contributed by atoms with van der Waals surface area (Å²) in [6.45, 7) is 13.9. The molecule has 9 rings (SSSR count). The van der Waals surface area contributed by atoms with Crippen LogP contribution in [0, 0.1) is 23.7 Å². The van der Waals surface area contributed by atoms with E-state index in [-0.39, 0.29) is 124 Å². The molecule has 0 spiro atoms. The van der Waals surface area contributed by atoms with Crippen molar-refractivity contribution in [3.63, 3.8) is 0 Å². The Labute approximate surface area is 604 Å². The van der Waals surface area contributed by atoms with Gasteiger partial charge in [0.15, 0.2) is 28.8 Å². The van der Waals surface area contributed by atoms with Crippen molar-refractivity contribution in [1.29, 1.82) is 0 Å². The number of amides is 7. The molecule has 1 saturated heterocycles. The number of imide groups is 1. The number of hydrogen-bond acceptors (Lipinski definition) is 21. The number of ketones is 1. The zero-order chi connectivity index (χ0) is 72.3. The van der Waals surface area contributed by atoms with Crippen LogP contribution in [0.3, 0.4) is 0 Å². The maximum Gasteiger partial charge on any atom is 0.260 e. The molecule has 1 saturated carbocycles. The second kappa shape index (κ2) is 41.2. The average molecular weight is 1430 g/mol. The van der Waals surface area contributed by atoms with E-state index in [1.54, 1.807) is 73.4 Å². The number of fused-ring (bicyclic) bond motifs is 4. The summed E-state index contributed by atoms with van der Waals surface area (Å²) in [5, 5.41) is 8.55. The Hall–Kier alpha value is -8.44. The van der Waals surface area contributed by atoms with Crippen LogP contribution < -0.4 is 34.9 Å². The lowest BCUT2D eigenvalue weighted by atomic mass is 9.92. The summed E-state index contributed by atoms with van der Waals surface area (Å²) in [5.74, 6) is -0.667. The Morgan fingerprint density at radius 3 is 1.61 bits per heavy atom. The highest BCUT2D eigenvalue weighted by molar-refractivity contribution is 6.07. The quantitative estimate of drug-likeness (QED) is 0.0352. The fourth-order valence-electron chi connectivity index (χ4n) is 12.3. The Morgan fingerprint density at radius 1 is 0.573 bits per heavy atom. The predicted octanol–water partition coefficient (Wildman–Crippen LogP) is 8.64. The van der Waals surface area contributed by atoms with Gasteiger partial charge in [0, 0.05) is 113 Å². The molecule has 27 nitrogen and oxygen atoms in total. The first kappa shape index (κ1) is 80.2. The molecule has 0 bridgehead atoms. The lowest BCUT2D eigenvalue weighted by Gasteiger charge is -2.23. The van der Waals surface area contributed by atoms with E-state index in [1.807, 2.05) is 44.6 Å². The van der Waals surface area contributed by atoms with Gasteiger partial charge in [-0.3, -0.25) is 53.2 Å². The summed E-state index contributed by atoms with van der Waals surface area (Å²) in [7, 11) is 3.06. The molecule has 5 aliphatic heterocycles. The number of ether oxygens (including phenoxy) is 11. The minimum atomic E-state index is -0.731. The van der Waals surface area contributed by atoms with Crippen molar-refractivity contribution in [2.45, 2.75) is 130 Å². The molecule has 3 aromatic carbocycles. The van der Waals surface area contributed by atoms with Crippen molar-refractivity contribution in [3.05, 3.63) is 83.2 Å². The van der Waals surface area contributed by atoms with E-state index < -0.39 is 12.0 Å². The van der Waals surface area contributed by atoms with E-state index in [1.165, 1.54) is 25.5 Å². The number of Topliss-reactive ketones (excluding diaryl/α,β-unsaturated/α-hetero) is 1. The van der Waals surface area contributed by atoms with Gasteiger partial charge in [-0.2, -0.15) is 0 Å². The molecular formula is C76H104N8O19. The third-order valence-electron chi connectivity index (χ3n) is 18.2. The highest BCUT2D eigenvalue weighted by Gasteiger charge is 2.39. The van der Waals surface area contributed by atoms with E-state index >= 15 is 0 Å². The second-order valence-corrected chi connectivity index (χ2v) is 26.4. The third kappa shape index (κ3) is 23.8. The van der Waals surface area contributed by atoms with E-state index in [0.29, 0.717) is 175 Å². The highest BCUT2D eigenvalue weighted by atomic mass is 16.6. The number of likely N-dealkylation sites (tertiary alicyclic amines) is 1. The van der Waals surface area contributed by atoms with E-state index in [0.717, 1.165) is 35.3 Å². The van der Waals surface area contributed by atoms with Gasteiger partial charge in [-0.25, -0.2) is 0 Å². The minimum Gasteiger partial charge on any atom is -0.493 e. The number of carbonyl (C=O) groups excluding carboxylic acids is 8. The number of rotatable bonds is 47. The summed E-state index contributed by atoms with van der Waals surface area (Å²) in [6, 6.07) is 13.0. The molecule has 0 radical (unpaired) electrons. The molecule has 7 amide bonds. The number of benzene rings is 3. The lowest BCUT2D eigenvalue weighted by Crippen LogP contribution is -2.45. The van der Waals surface area contributed by atoms with Gasteiger partial charge in [0.25, 0.3) is 11.8 Å². The van der Waals surface area contributed by atoms with Crippen LogP contribution in [0.4, 0.5) is 17.1 Å². The van der Waals surface area contributed by atoms with Crippen LogP contribution in [0.2, 0.25) is 0 Å². The van der Waals surface area contributed by atoms with Gasteiger partial charge in [0.1, 0.15) is 0 Å². The molecule has 3 aromatic rings. The molecule has 1 unspecified atom stereocenters. The largest absolute Gasteiger partial charge is 0.493 e. The monoisotopic (exact) mass is 1430 g/mol. The van der Waals surface area contributed by atoms with Gasteiger partial charge in [0.2, 0.25) is 29.5 Å². The summed E-state index contributed by atoms with van der Waals surface area (Å²) in [6.07, 6.45) is 14.3. The molecule has 1 aliphatic carbocycles. The average Bonchev–Trinajstić information content (AvgIpc) is 1.66. The topological polar surface area (TPSA) is 309 Å². The van der Waals surface area contributed by atoms with E-state index in [9.17, 15) is 38.4 Å². The molecule has 562 valence electrons. The number of nitrogens with zero attached hydrogens (tertiary/aromatic N) is 5. The summed E-state index contributed by atoms with van der Waals surface area (Å²) in [4.78, 5) is 118. The Bertz CT molecular complexity index is 3500. The number of nitrogens with one attached hydrogen (secondary N) is 3. The number of anilines is 1. The van der Waals surface area contributed by atoms with Crippen LogP contribution in [0.25, 0.3) is 5.57 Å².